The van der Waals surface area contributed by atoms with E-state index in [1.54, 1.807) is 0 Å². The molecule has 3 nitrogen and oxygen atoms in total. The van der Waals surface area contributed by atoms with E-state index in [0.717, 1.165) is 41.0 Å². The summed E-state index contributed by atoms with van der Waals surface area (Å²) in [7, 11) is 0. The SMILES string of the molecule is Cc1nc(C2(C)CCCCO2)nc(Cl)c1I. The average molecular weight is 353 g/mol. The maximum Gasteiger partial charge on any atom is 0.161 e. The summed E-state index contributed by atoms with van der Waals surface area (Å²) in [5, 5.41) is 0.526. The molecule has 0 N–H and O–H groups in total. The molecule has 0 aliphatic carbocycles. The van der Waals surface area contributed by atoms with Gasteiger partial charge in [0.05, 0.1) is 9.26 Å². The Bertz CT molecular complexity index is 382. The number of aromatic nitrogens is 2. The number of hydrogen-bond acceptors (Lipinski definition) is 3. The zero-order valence-electron chi connectivity index (χ0n) is 9.39. The summed E-state index contributed by atoms with van der Waals surface area (Å²) >= 11 is 8.25. The quantitative estimate of drug-likeness (QED) is 0.573. The van der Waals surface area contributed by atoms with E-state index in [1.807, 2.05) is 13.8 Å². The molecule has 16 heavy (non-hydrogen) atoms. The van der Waals surface area contributed by atoms with Gasteiger partial charge in [0.15, 0.2) is 5.82 Å². The number of aryl methyl sites for hydroxylation is 1. The molecule has 0 radical (unpaired) electrons. The van der Waals surface area contributed by atoms with Crippen LogP contribution in [0.5, 0.6) is 0 Å². The fourth-order valence-corrected chi connectivity index (χ4v) is 2.33. The molecular weight excluding hydrogens is 338 g/mol. The lowest BCUT2D eigenvalue weighted by Gasteiger charge is -2.32. The van der Waals surface area contributed by atoms with E-state index in [4.69, 9.17) is 16.3 Å². The lowest BCUT2D eigenvalue weighted by molar-refractivity contribution is -0.0761. The summed E-state index contributed by atoms with van der Waals surface area (Å²) in [6, 6.07) is 0. The van der Waals surface area contributed by atoms with Crippen molar-refractivity contribution < 1.29 is 4.74 Å². The number of halogens is 2. The van der Waals surface area contributed by atoms with Gasteiger partial charge in [-0.2, -0.15) is 0 Å². The third-order valence-electron chi connectivity index (χ3n) is 2.92. The molecular formula is C11H14ClIN2O. The van der Waals surface area contributed by atoms with Crippen LogP contribution in [0, 0.1) is 10.5 Å². The summed E-state index contributed by atoms with van der Waals surface area (Å²) in [6.07, 6.45) is 3.23. The maximum absolute atomic E-state index is 6.09. The lowest BCUT2D eigenvalue weighted by atomic mass is 9.95. The van der Waals surface area contributed by atoms with Crippen LogP contribution in [0.2, 0.25) is 5.15 Å². The topological polar surface area (TPSA) is 35.0 Å². The Balaban J connectivity index is 2.39. The molecule has 1 aromatic rings. The van der Waals surface area contributed by atoms with Gasteiger partial charge in [-0.1, -0.05) is 11.6 Å². The van der Waals surface area contributed by atoms with Gasteiger partial charge >= 0.3 is 0 Å². The van der Waals surface area contributed by atoms with Gasteiger partial charge < -0.3 is 4.74 Å². The minimum atomic E-state index is -0.364. The van der Waals surface area contributed by atoms with Crippen LogP contribution in [0.1, 0.15) is 37.7 Å². The Kier molecular flexibility index (Phi) is 3.71. The van der Waals surface area contributed by atoms with E-state index < -0.39 is 0 Å². The van der Waals surface area contributed by atoms with Crippen molar-refractivity contribution in [3.63, 3.8) is 0 Å². The average Bonchev–Trinajstić information content (AvgIpc) is 2.26. The van der Waals surface area contributed by atoms with Crippen molar-refractivity contribution in [2.75, 3.05) is 6.61 Å². The van der Waals surface area contributed by atoms with Crippen LogP contribution in [0.3, 0.4) is 0 Å². The Morgan fingerprint density at radius 2 is 2.12 bits per heavy atom. The summed E-state index contributed by atoms with van der Waals surface area (Å²) in [4.78, 5) is 8.85. The van der Waals surface area contributed by atoms with Gasteiger partial charge in [0.2, 0.25) is 0 Å². The Labute approximate surface area is 114 Å². The highest BCUT2D eigenvalue weighted by atomic mass is 127. The summed E-state index contributed by atoms with van der Waals surface area (Å²) in [6.45, 7) is 4.78. The van der Waals surface area contributed by atoms with Crippen LogP contribution in [0.4, 0.5) is 0 Å². The summed E-state index contributed by atoms with van der Waals surface area (Å²) in [5.74, 6) is 0.718. The molecule has 0 saturated carbocycles. The maximum atomic E-state index is 6.09. The molecule has 0 amide bonds. The van der Waals surface area contributed by atoms with Crippen LogP contribution in [0.15, 0.2) is 0 Å². The Morgan fingerprint density at radius 1 is 1.38 bits per heavy atom. The lowest BCUT2D eigenvalue weighted by Crippen LogP contribution is -2.32. The molecule has 0 bridgehead atoms. The smallest absolute Gasteiger partial charge is 0.161 e. The van der Waals surface area contributed by atoms with Gasteiger partial charge in [0.25, 0.3) is 0 Å². The fourth-order valence-electron chi connectivity index (χ4n) is 1.87. The largest absolute Gasteiger partial charge is 0.367 e. The number of ether oxygens (including phenoxy) is 1. The second-order valence-electron chi connectivity index (χ2n) is 4.27. The first-order valence-corrected chi connectivity index (χ1v) is 6.83. The molecule has 1 aliphatic heterocycles. The normalized spacial score (nSPS) is 25.8. The van der Waals surface area contributed by atoms with Crippen LogP contribution in [-0.2, 0) is 10.3 Å². The van der Waals surface area contributed by atoms with Crippen LogP contribution in [-0.4, -0.2) is 16.6 Å². The second kappa shape index (κ2) is 4.74. The van der Waals surface area contributed by atoms with Crippen molar-refractivity contribution in [3.05, 3.63) is 20.2 Å². The highest BCUT2D eigenvalue weighted by Gasteiger charge is 2.33. The van der Waals surface area contributed by atoms with E-state index in [1.165, 1.54) is 0 Å². The van der Waals surface area contributed by atoms with Crippen molar-refractivity contribution in [2.24, 2.45) is 0 Å². The molecule has 1 fully saturated rings. The Hall–Kier alpha value is 0.0600. The van der Waals surface area contributed by atoms with E-state index in [-0.39, 0.29) is 5.60 Å². The first-order valence-electron chi connectivity index (χ1n) is 5.37. The van der Waals surface area contributed by atoms with Crippen molar-refractivity contribution in [3.8, 4) is 0 Å². The van der Waals surface area contributed by atoms with E-state index in [2.05, 4.69) is 32.6 Å². The zero-order valence-corrected chi connectivity index (χ0v) is 12.3. The molecule has 1 aromatic heterocycles. The number of hydrogen-bond donors (Lipinski definition) is 0. The first-order chi connectivity index (χ1) is 7.53. The summed E-state index contributed by atoms with van der Waals surface area (Å²) in [5.41, 5.74) is 0.558. The van der Waals surface area contributed by atoms with Crippen molar-refractivity contribution >= 4 is 34.2 Å². The molecule has 2 rings (SSSR count). The molecule has 2 heterocycles. The number of rotatable bonds is 1. The molecule has 0 aromatic carbocycles. The van der Waals surface area contributed by atoms with E-state index >= 15 is 0 Å². The highest BCUT2D eigenvalue weighted by molar-refractivity contribution is 14.1. The van der Waals surface area contributed by atoms with Crippen molar-refractivity contribution in [1.29, 1.82) is 0 Å². The van der Waals surface area contributed by atoms with Crippen LogP contribution < -0.4 is 0 Å². The van der Waals surface area contributed by atoms with Gasteiger partial charge in [-0.3, -0.25) is 0 Å². The standard InChI is InChI=1S/C11H14ClIN2O/c1-7-8(13)9(12)15-10(14-7)11(2)5-3-4-6-16-11/h3-6H2,1-2H3. The second-order valence-corrected chi connectivity index (χ2v) is 5.71. The molecule has 1 atom stereocenters. The van der Waals surface area contributed by atoms with Crippen LogP contribution >= 0.6 is 34.2 Å². The molecule has 1 saturated heterocycles. The predicted molar refractivity (Wildman–Crippen MR) is 71.7 cm³/mol. The third kappa shape index (κ3) is 2.33. The van der Waals surface area contributed by atoms with E-state index in [9.17, 15) is 0 Å². The van der Waals surface area contributed by atoms with Gasteiger partial charge in [-0.25, -0.2) is 9.97 Å². The fraction of sp³-hybridized carbons (Fsp3) is 0.636. The van der Waals surface area contributed by atoms with Crippen molar-refractivity contribution in [2.45, 2.75) is 38.7 Å². The number of nitrogens with zero attached hydrogens (tertiary/aromatic N) is 2. The third-order valence-corrected chi connectivity index (χ3v) is 4.80. The predicted octanol–water partition coefficient (Wildman–Crippen LogP) is 3.46. The van der Waals surface area contributed by atoms with Gasteiger partial charge in [0, 0.05) is 6.61 Å². The molecule has 0 spiro atoms. The molecule has 88 valence electrons. The van der Waals surface area contributed by atoms with E-state index in [0.29, 0.717) is 5.15 Å². The highest BCUT2D eigenvalue weighted by Crippen LogP contribution is 2.34. The first kappa shape index (κ1) is 12.5. The zero-order chi connectivity index (χ0) is 11.8. The molecule has 1 aliphatic rings. The van der Waals surface area contributed by atoms with Gasteiger partial charge in [-0.15, -0.1) is 0 Å². The van der Waals surface area contributed by atoms with Crippen LogP contribution in [0.25, 0.3) is 0 Å². The molecule has 5 heteroatoms. The minimum Gasteiger partial charge on any atom is -0.367 e. The van der Waals surface area contributed by atoms with Crippen molar-refractivity contribution in [1.82, 2.24) is 9.97 Å². The molecule has 1 unspecified atom stereocenters. The summed E-state index contributed by atoms with van der Waals surface area (Å²) < 4.78 is 6.73. The monoisotopic (exact) mass is 352 g/mol. The minimum absolute atomic E-state index is 0.364. The van der Waals surface area contributed by atoms with Gasteiger partial charge in [-0.05, 0) is 55.7 Å². The Morgan fingerprint density at radius 3 is 2.69 bits per heavy atom. The van der Waals surface area contributed by atoms with Gasteiger partial charge in [0.1, 0.15) is 10.8 Å².